The third-order valence-electron chi connectivity index (χ3n) is 2.82. The molecule has 0 aliphatic heterocycles. The van der Waals surface area contributed by atoms with Crippen LogP contribution < -0.4 is 0 Å². The summed E-state index contributed by atoms with van der Waals surface area (Å²) in [6.45, 7) is 3.77. The number of alkyl halides is 3. The molecule has 0 unspecified atom stereocenters. The summed E-state index contributed by atoms with van der Waals surface area (Å²) in [4.78, 5) is 0. The fourth-order valence-corrected chi connectivity index (χ4v) is 2.72. The van der Waals surface area contributed by atoms with Gasteiger partial charge in [-0.15, -0.1) is 0 Å². The zero-order valence-electron chi connectivity index (χ0n) is 11.4. The first kappa shape index (κ1) is 16.0. The monoisotopic (exact) mass is 364 g/mol. The highest BCUT2D eigenvalue weighted by Gasteiger charge is 2.39. The van der Waals surface area contributed by atoms with Crippen molar-refractivity contribution in [1.29, 1.82) is 0 Å². The number of benzene rings is 1. The minimum Gasteiger partial charge on any atom is -0.258 e. The van der Waals surface area contributed by atoms with Crippen molar-refractivity contribution in [3.05, 3.63) is 40.2 Å². The van der Waals surface area contributed by atoms with Crippen molar-refractivity contribution >= 4 is 15.9 Å². The second-order valence-corrected chi connectivity index (χ2v) is 5.88. The molecule has 0 radical (unpaired) electrons. The van der Waals surface area contributed by atoms with E-state index in [-0.39, 0.29) is 22.6 Å². The largest absolute Gasteiger partial charge is 0.434 e. The number of hydrogen-bond acceptors (Lipinski definition) is 1. The molecule has 2 aromatic rings. The Bertz CT molecular complexity index is 630. The third kappa shape index (κ3) is 3.45. The van der Waals surface area contributed by atoms with Crippen molar-refractivity contribution in [2.75, 3.05) is 0 Å². The van der Waals surface area contributed by atoms with Crippen LogP contribution in [0.2, 0.25) is 0 Å². The number of aromatic nitrogens is 2. The van der Waals surface area contributed by atoms with Crippen LogP contribution in [0.5, 0.6) is 0 Å². The minimum absolute atomic E-state index is 0.0129. The van der Waals surface area contributed by atoms with Crippen molar-refractivity contribution in [1.82, 2.24) is 9.78 Å². The van der Waals surface area contributed by atoms with E-state index >= 15 is 0 Å². The van der Waals surface area contributed by atoms with Crippen LogP contribution in [0.1, 0.15) is 19.5 Å². The van der Waals surface area contributed by atoms with Gasteiger partial charge in [0.15, 0.2) is 5.69 Å². The first-order valence-electron chi connectivity index (χ1n) is 6.29. The molecule has 0 N–H and O–H groups in total. The number of halogens is 5. The normalized spacial score (nSPS) is 12.2. The molecule has 0 amide bonds. The summed E-state index contributed by atoms with van der Waals surface area (Å²) in [5, 5.41) is 4.04. The predicted octanol–water partition coefficient (Wildman–Crippen LogP) is 5.13. The molecular formula is C14H13BrF4N2. The Balaban J connectivity index is 2.58. The molecule has 1 heterocycles. The lowest BCUT2D eigenvalue weighted by Gasteiger charge is -2.12. The Morgan fingerprint density at radius 2 is 1.76 bits per heavy atom. The topological polar surface area (TPSA) is 17.8 Å². The van der Waals surface area contributed by atoms with Gasteiger partial charge in [0.2, 0.25) is 0 Å². The van der Waals surface area contributed by atoms with E-state index in [1.54, 1.807) is 0 Å². The predicted molar refractivity (Wildman–Crippen MR) is 75.2 cm³/mol. The molecule has 0 fully saturated rings. The molecule has 0 spiro atoms. The molecule has 21 heavy (non-hydrogen) atoms. The smallest absolute Gasteiger partial charge is 0.258 e. The molecule has 2 rings (SSSR count). The minimum atomic E-state index is -4.51. The van der Waals surface area contributed by atoms with Gasteiger partial charge in [-0.3, -0.25) is 4.68 Å². The van der Waals surface area contributed by atoms with Crippen molar-refractivity contribution in [2.24, 2.45) is 5.92 Å². The number of rotatable bonds is 3. The maximum absolute atomic E-state index is 13.2. The Morgan fingerprint density at radius 1 is 1.19 bits per heavy atom. The second-order valence-electron chi connectivity index (χ2n) is 5.09. The fourth-order valence-electron chi connectivity index (χ4n) is 1.98. The molecule has 1 aromatic heterocycles. The van der Waals surface area contributed by atoms with E-state index in [1.807, 2.05) is 13.8 Å². The van der Waals surface area contributed by atoms with E-state index in [1.165, 1.54) is 24.3 Å². The summed E-state index contributed by atoms with van der Waals surface area (Å²) in [5.41, 5.74) is -0.241. The summed E-state index contributed by atoms with van der Waals surface area (Å²) in [6, 6.07) is 5.19. The molecule has 2 nitrogen and oxygen atoms in total. The fraction of sp³-hybridized carbons (Fsp3) is 0.357. The summed E-state index contributed by atoms with van der Waals surface area (Å²) < 4.78 is 53.4. The van der Waals surface area contributed by atoms with Crippen LogP contribution in [-0.4, -0.2) is 9.78 Å². The third-order valence-corrected chi connectivity index (χ3v) is 3.57. The molecule has 114 valence electrons. The Hall–Kier alpha value is -1.37. The highest BCUT2D eigenvalue weighted by molar-refractivity contribution is 9.10. The van der Waals surface area contributed by atoms with Gasteiger partial charge >= 0.3 is 6.18 Å². The zero-order chi connectivity index (χ0) is 15.8. The van der Waals surface area contributed by atoms with Crippen molar-refractivity contribution < 1.29 is 17.6 Å². The lowest BCUT2D eigenvalue weighted by atomic mass is 10.1. The van der Waals surface area contributed by atoms with E-state index < -0.39 is 17.7 Å². The Morgan fingerprint density at radius 3 is 2.24 bits per heavy atom. The highest BCUT2D eigenvalue weighted by atomic mass is 79.9. The molecule has 0 bridgehead atoms. The van der Waals surface area contributed by atoms with Crippen LogP contribution in [0.3, 0.4) is 0 Å². The molecule has 0 aliphatic rings. The molecule has 7 heteroatoms. The Labute approximate surface area is 127 Å². The first-order valence-corrected chi connectivity index (χ1v) is 7.09. The van der Waals surface area contributed by atoms with Crippen LogP contribution in [0.25, 0.3) is 11.3 Å². The molecule has 0 atom stereocenters. The SMILES string of the molecule is CC(C)Cn1nc(-c2ccc(F)cc2)c(Br)c1C(F)(F)F. The van der Waals surface area contributed by atoms with E-state index in [2.05, 4.69) is 21.0 Å². The van der Waals surface area contributed by atoms with Gasteiger partial charge in [0, 0.05) is 12.1 Å². The van der Waals surface area contributed by atoms with Crippen LogP contribution in [-0.2, 0) is 12.7 Å². The van der Waals surface area contributed by atoms with Gasteiger partial charge < -0.3 is 0 Å². The van der Waals surface area contributed by atoms with Crippen LogP contribution in [0.15, 0.2) is 28.7 Å². The lowest BCUT2D eigenvalue weighted by molar-refractivity contribution is -0.145. The summed E-state index contributed by atoms with van der Waals surface area (Å²) in [7, 11) is 0. The summed E-state index contributed by atoms with van der Waals surface area (Å²) in [5.74, 6) is -0.438. The number of nitrogens with zero attached hydrogens (tertiary/aromatic N) is 2. The van der Waals surface area contributed by atoms with E-state index in [0.29, 0.717) is 5.56 Å². The van der Waals surface area contributed by atoms with E-state index in [9.17, 15) is 17.6 Å². The van der Waals surface area contributed by atoms with Crippen LogP contribution >= 0.6 is 15.9 Å². The van der Waals surface area contributed by atoms with Gasteiger partial charge in [-0.05, 0) is 46.1 Å². The van der Waals surface area contributed by atoms with Gasteiger partial charge in [0.1, 0.15) is 11.5 Å². The molecule has 0 saturated carbocycles. The Kier molecular flexibility index (Phi) is 4.41. The van der Waals surface area contributed by atoms with Gasteiger partial charge in [0.05, 0.1) is 4.47 Å². The standard InChI is InChI=1S/C14H13BrF4N2/c1-8(2)7-21-13(14(17,18)19)11(15)12(20-21)9-3-5-10(16)6-4-9/h3-6,8H,7H2,1-2H3. The maximum atomic E-state index is 13.2. The first-order chi connectivity index (χ1) is 9.70. The highest BCUT2D eigenvalue weighted by Crippen LogP contribution is 2.40. The van der Waals surface area contributed by atoms with Gasteiger partial charge in [0.25, 0.3) is 0 Å². The second kappa shape index (κ2) is 5.79. The van der Waals surface area contributed by atoms with Gasteiger partial charge in [-0.2, -0.15) is 18.3 Å². The van der Waals surface area contributed by atoms with Crippen LogP contribution in [0.4, 0.5) is 17.6 Å². The van der Waals surface area contributed by atoms with Crippen molar-refractivity contribution in [3.8, 4) is 11.3 Å². The molecule has 1 aromatic carbocycles. The molecule has 0 saturated heterocycles. The summed E-state index contributed by atoms with van der Waals surface area (Å²) >= 11 is 2.99. The van der Waals surface area contributed by atoms with Gasteiger partial charge in [-0.1, -0.05) is 13.8 Å². The zero-order valence-corrected chi connectivity index (χ0v) is 13.0. The maximum Gasteiger partial charge on any atom is 0.434 e. The summed E-state index contributed by atoms with van der Waals surface area (Å²) in [6.07, 6.45) is -4.51. The molecule has 0 aliphatic carbocycles. The van der Waals surface area contributed by atoms with Gasteiger partial charge in [-0.25, -0.2) is 4.39 Å². The van der Waals surface area contributed by atoms with Crippen LogP contribution in [0, 0.1) is 11.7 Å². The molecular weight excluding hydrogens is 352 g/mol. The van der Waals surface area contributed by atoms with Crippen molar-refractivity contribution in [2.45, 2.75) is 26.6 Å². The van der Waals surface area contributed by atoms with E-state index in [0.717, 1.165) is 4.68 Å². The lowest BCUT2D eigenvalue weighted by Crippen LogP contribution is -2.17. The van der Waals surface area contributed by atoms with Crippen molar-refractivity contribution in [3.63, 3.8) is 0 Å². The quantitative estimate of drug-likeness (QED) is 0.690. The number of hydrogen-bond donors (Lipinski definition) is 0. The average molecular weight is 365 g/mol. The average Bonchev–Trinajstić information content (AvgIpc) is 2.66. The van der Waals surface area contributed by atoms with E-state index in [4.69, 9.17) is 0 Å².